The highest BCUT2D eigenvalue weighted by molar-refractivity contribution is 4.96. The second-order valence-electron chi connectivity index (χ2n) is 3.48. The molecule has 7 nitrogen and oxygen atoms in total. The summed E-state index contributed by atoms with van der Waals surface area (Å²) in [6.07, 6.45) is -3.04. The number of hydrogen-bond acceptors (Lipinski definition) is 5. The van der Waals surface area contributed by atoms with Gasteiger partial charge in [-0.1, -0.05) is 12.0 Å². The molecule has 1 heterocycles. The third-order valence-electron chi connectivity index (χ3n) is 2.58. The topological polar surface area (TPSA) is 119 Å². The smallest absolute Gasteiger partial charge is 0.107 e. The lowest BCUT2D eigenvalue weighted by molar-refractivity contribution is -0.188. The minimum absolute atomic E-state index is 0.373. The van der Waals surface area contributed by atoms with Crippen molar-refractivity contribution in [2.45, 2.75) is 43.8 Å². The van der Waals surface area contributed by atoms with Gasteiger partial charge in [-0.15, -0.1) is 0 Å². The molecule has 1 aliphatic rings. The molecule has 0 aliphatic carbocycles. The normalized spacial score (nSPS) is 40.9. The lowest BCUT2D eigenvalue weighted by Crippen LogP contribution is -2.57. The van der Waals surface area contributed by atoms with Crippen molar-refractivity contribution in [1.82, 2.24) is 0 Å². The van der Waals surface area contributed by atoms with E-state index >= 15 is 0 Å². The van der Waals surface area contributed by atoms with Gasteiger partial charge in [0.05, 0.1) is 31.0 Å². The van der Waals surface area contributed by atoms with E-state index in [0.717, 1.165) is 0 Å². The minimum Gasteiger partial charge on any atom is -0.394 e. The number of aliphatic hydroxyl groups excluding tert-OH is 3. The Hall–Kier alpha value is -0.850. The summed E-state index contributed by atoms with van der Waals surface area (Å²) in [6.45, 7) is 1.43. The Balaban J connectivity index is 2.85. The highest BCUT2D eigenvalue weighted by Crippen LogP contribution is 2.25. The van der Waals surface area contributed by atoms with Gasteiger partial charge in [-0.05, 0) is 12.0 Å². The fraction of sp³-hybridized carbons (Fsp3) is 1.00. The first-order valence-electron chi connectivity index (χ1n) is 4.82. The molecule has 86 valence electrons. The second kappa shape index (κ2) is 5.29. The Labute approximate surface area is 86.9 Å². The largest absolute Gasteiger partial charge is 0.394 e. The Morgan fingerprint density at radius 2 is 1.93 bits per heavy atom. The van der Waals surface area contributed by atoms with E-state index in [-0.39, 0.29) is 6.61 Å². The predicted octanol–water partition coefficient (Wildman–Crippen LogP) is -0.443. The molecule has 7 heteroatoms. The predicted molar refractivity (Wildman–Crippen MR) is 51.0 cm³/mol. The van der Waals surface area contributed by atoms with Gasteiger partial charge in [0.25, 0.3) is 0 Å². The number of ether oxygens (including phenoxy) is 1. The molecule has 15 heavy (non-hydrogen) atoms. The summed E-state index contributed by atoms with van der Waals surface area (Å²) in [5.74, 6) is 0. The summed E-state index contributed by atoms with van der Waals surface area (Å²) in [5, 5.41) is 31.6. The van der Waals surface area contributed by atoms with Gasteiger partial charge in [0.15, 0.2) is 0 Å². The Morgan fingerprint density at radius 3 is 2.40 bits per heavy atom. The molecule has 0 aromatic carbocycles. The molecule has 0 aromatic rings. The van der Waals surface area contributed by atoms with Crippen LogP contribution in [0.25, 0.3) is 10.4 Å². The molecule has 0 aromatic heterocycles. The van der Waals surface area contributed by atoms with E-state index in [2.05, 4.69) is 10.0 Å². The van der Waals surface area contributed by atoms with Crippen LogP contribution in [0.1, 0.15) is 13.3 Å². The Kier molecular flexibility index (Phi) is 4.31. The molecule has 0 amide bonds. The minimum atomic E-state index is -1.18. The quantitative estimate of drug-likeness (QED) is 0.337. The third-order valence-corrected chi connectivity index (χ3v) is 2.58. The van der Waals surface area contributed by atoms with E-state index in [4.69, 9.17) is 15.4 Å². The molecule has 0 bridgehead atoms. The number of aliphatic hydroxyl groups is 3. The zero-order chi connectivity index (χ0) is 11.4. The highest BCUT2D eigenvalue weighted by Gasteiger charge is 2.42. The molecule has 0 spiro atoms. The van der Waals surface area contributed by atoms with E-state index in [1.165, 1.54) is 0 Å². The molecule has 1 saturated heterocycles. The summed E-state index contributed by atoms with van der Waals surface area (Å²) in [6, 6.07) is -0.967. The van der Waals surface area contributed by atoms with Crippen LogP contribution in [0.2, 0.25) is 0 Å². The van der Waals surface area contributed by atoms with Crippen molar-refractivity contribution in [3.63, 3.8) is 0 Å². The lowest BCUT2D eigenvalue weighted by atomic mass is 9.92. The molecule has 1 aliphatic heterocycles. The van der Waals surface area contributed by atoms with Gasteiger partial charge < -0.3 is 20.1 Å². The maximum absolute atomic E-state index is 9.71. The van der Waals surface area contributed by atoms with Gasteiger partial charge in [-0.25, -0.2) is 0 Å². The van der Waals surface area contributed by atoms with Crippen LogP contribution in [0.5, 0.6) is 0 Å². The first-order chi connectivity index (χ1) is 7.15. The van der Waals surface area contributed by atoms with Crippen molar-refractivity contribution in [3.05, 3.63) is 10.4 Å². The molecule has 1 rings (SSSR count). The van der Waals surface area contributed by atoms with E-state index < -0.39 is 30.5 Å². The Bertz CT molecular complexity index is 240. The van der Waals surface area contributed by atoms with Gasteiger partial charge in [-0.3, -0.25) is 0 Å². The fourth-order valence-corrected chi connectivity index (χ4v) is 1.71. The van der Waals surface area contributed by atoms with Crippen molar-refractivity contribution >= 4 is 0 Å². The van der Waals surface area contributed by atoms with Crippen LogP contribution in [-0.2, 0) is 4.74 Å². The van der Waals surface area contributed by atoms with Crippen LogP contribution >= 0.6 is 0 Å². The van der Waals surface area contributed by atoms with Gasteiger partial charge in [0, 0.05) is 4.91 Å². The summed E-state index contributed by atoms with van der Waals surface area (Å²) < 4.78 is 5.25. The first-order valence-corrected chi connectivity index (χ1v) is 4.82. The second-order valence-corrected chi connectivity index (χ2v) is 3.48. The summed E-state index contributed by atoms with van der Waals surface area (Å²) in [4.78, 5) is 2.57. The SMILES string of the molecule is CC[C@H]1OC(CO)[C@H](O)C(N=[N+]=[N-])[C@@H]1O. The van der Waals surface area contributed by atoms with Crippen LogP contribution in [-0.4, -0.2) is 52.4 Å². The van der Waals surface area contributed by atoms with Gasteiger partial charge in [0.1, 0.15) is 6.10 Å². The standard InChI is InChI=1S/C8H15N3O4/c1-2-4-7(13)6(10-11-9)8(14)5(3-12)15-4/h4-8,12-14H,2-3H2,1H3/t4-,5?,6?,7-,8+/m1/s1. The molecular formula is C8H15N3O4. The van der Waals surface area contributed by atoms with Crippen LogP contribution in [0.4, 0.5) is 0 Å². The third kappa shape index (κ3) is 2.39. The zero-order valence-electron chi connectivity index (χ0n) is 8.39. The highest BCUT2D eigenvalue weighted by atomic mass is 16.5. The first kappa shape index (κ1) is 12.2. The average Bonchev–Trinajstić information content (AvgIpc) is 2.25. The van der Waals surface area contributed by atoms with Crippen molar-refractivity contribution < 1.29 is 20.1 Å². The summed E-state index contributed by atoms with van der Waals surface area (Å²) in [7, 11) is 0. The van der Waals surface area contributed by atoms with Crippen molar-refractivity contribution in [1.29, 1.82) is 0 Å². The van der Waals surface area contributed by atoms with Crippen molar-refractivity contribution in [2.75, 3.05) is 6.61 Å². The fourth-order valence-electron chi connectivity index (χ4n) is 1.71. The van der Waals surface area contributed by atoms with Gasteiger partial charge in [0.2, 0.25) is 0 Å². The van der Waals surface area contributed by atoms with Crippen LogP contribution < -0.4 is 0 Å². The number of nitrogens with zero attached hydrogens (tertiary/aromatic N) is 3. The molecule has 3 N–H and O–H groups in total. The molecule has 5 atom stereocenters. The molecule has 1 fully saturated rings. The van der Waals surface area contributed by atoms with Crippen LogP contribution in [0.15, 0.2) is 5.11 Å². The lowest BCUT2D eigenvalue weighted by Gasteiger charge is -2.40. The number of hydrogen-bond donors (Lipinski definition) is 3. The zero-order valence-corrected chi connectivity index (χ0v) is 8.39. The molecule has 0 saturated carbocycles. The van der Waals surface area contributed by atoms with Gasteiger partial charge >= 0.3 is 0 Å². The average molecular weight is 217 g/mol. The maximum Gasteiger partial charge on any atom is 0.107 e. The molecular weight excluding hydrogens is 202 g/mol. The van der Waals surface area contributed by atoms with Crippen molar-refractivity contribution in [3.8, 4) is 0 Å². The van der Waals surface area contributed by atoms with Crippen LogP contribution in [0.3, 0.4) is 0 Å². The number of rotatable bonds is 3. The summed E-state index contributed by atoms with van der Waals surface area (Å²) in [5.41, 5.74) is 8.30. The van der Waals surface area contributed by atoms with E-state index in [1.54, 1.807) is 6.92 Å². The van der Waals surface area contributed by atoms with E-state index in [1.807, 2.05) is 0 Å². The van der Waals surface area contributed by atoms with E-state index in [0.29, 0.717) is 6.42 Å². The summed E-state index contributed by atoms with van der Waals surface area (Å²) >= 11 is 0. The van der Waals surface area contributed by atoms with Gasteiger partial charge in [-0.2, -0.15) is 0 Å². The molecule has 0 radical (unpaired) electrons. The Morgan fingerprint density at radius 1 is 1.33 bits per heavy atom. The van der Waals surface area contributed by atoms with E-state index in [9.17, 15) is 10.2 Å². The number of azide groups is 1. The monoisotopic (exact) mass is 217 g/mol. The maximum atomic E-state index is 9.71. The van der Waals surface area contributed by atoms with Crippen molar-refractivity contribution in [2.24, 2.45) is 5.11 Å². The molecule has 2 unspecified atom stereocenters. The van der Waals surface area contributed by atoms with Crippen LogP contribution in [0, 0.1) is 0 Å².